The molecule has 1 heterocycles. The molecule has 110 valence electrons. The van der Waals surface area contributed by atoms with Gasteiger partial charge >= 0.3 is 5.97 Å². The molecule has 0 fully saturated rings. The minimum atomic E-state index is -0.405. The molecule has 0 aliphatic carbocycles. The summed E-state index contributed by atoms with van der Waals surface area (Å²) in [6, 6.07) is 10.9. The average Bonchev–Trinajstić information content (AvgIpc) is 2.52. The summed E-state index contributed by atoms with van der Waals surface area (Å²) in [6.45, 7) is 0.614. The standard InChI is InChI=1S/C15H15ClN2O2S/c1-20-15(19)11-7-12(16)9-14(8-11)18(21-2)10-13-5-3-4-6-17-13/h3-9H,10H2,1-2H3. The molecule has 0 aliphatic heterocycles. The van der Waals surface area contributed by atoms with Crippen molar-refractivity contribution in [1.29, 1.82) is 0 Å². The molecular weight excluding hydrogens is 308 g/mol. The van der Waals surface area contributed by atoms with E-state index in [4.69, 9.17) is 16.3 Å². The first-order valence-corrected chi connectivity index (χ1v) is 7.80. The van der Waals surface area contributed by atoms with Crippen LogP contribution in [0.15, 0.2) is 42.6 Å². The van der Waals surface area contributed by atoms with E-state index in [2.05, 4.69) is 4.98 Å². The lowest BCUT2D eigenvalue weighted by Gasteiger charge is -2.22. The number of ether oxygens (including phenoxy) is 1. The van der Waals surface area contributed by atoms with Crippen LogP contribution in [0.2, 0.25) is 5.02 Å². The second-order valence-electron chi connectivity index (χ2n) is 4.23. The number of carbonyl (C=O) groups excluding carboxylic acids is 1. The molecule has 6 heteroatoms. The number of anilines is 1. The molecule has 0 unspecified atom stereocenters. The quantitative estimate of drug-likeness (QED) is 0.618. The molecule has 0 saturated carbocycles. The van der Waals surface area contributed by atoms with Gasteiger partial charge in [0.25, 0.3) is 0 Å². The summed E-state index contributed by atoms with van der Waals surface area (Å²) < 4.78 is 6.76. The summed E-state index contributed by atoms with van der Waals surface area (Å²) in [4.78, 5) is 16.0. The molecule has 0 radical (unpaired) electrons. The van der Waals surface area contributed by atoms with Gasteiger partial charge in [-0.2, -0.15) is 0 Å². The second kappa shape index (κ2) is 7.33. The molecule has 0 aliphatic rings. The Kier molecular flexibility index (Phi) is 5.47. The molecule has 0 spiro atoms. The summed E-state index contributed by atoms with van der Waals surface area (Å²) in [5.74, 6) is -0.405. The SMILES string of the molecule is COC(=O)c1cc(Cl)cc(N(Cc2ccccn2)SC)c1. The largest absolute Gasteiger partial charge is 0.465 e. The Morgan fingerprint density at radius 1 is 1.38 bits per heavy atom. The molecule has 2 aromatic rings. The van der Waals surface area contributed by atoms with Gasteiger partial charge in [0.2, 0.25) is 0 Å². The van der Waals surface area contributed by atoms with Crippen LogP contribution in [-0.2, 0) is 11.3 Å². The predicted molar refractivity (Wildman–Crippen MR) is 86.7 cm³/mol. The molecule has 4 nitrogen and oxygen atoms in total. The Morgan fingerprint density at radius 3 is 2.81 bits per heavy atom. The number of halogens is 1. The molecule has 0 atom stereocenters. The van der Waals surface area contributed by atoms with E-state index < -0.39 is 5.97 Å². The lowest BCUT2D eigenvalue weighted by atomic mass is 10.2. The van der Waals surface area contributed by atoms with Gasteiger partial charge < -0.3 is 9.04 Å². The maximum atomic E-state index is 11.7. The first-order valence-electron chi connectivity index (χ1n) is 6.24. The highest BCUT2D eigenvalue weighted by atomic mass is 35.5. The van der Waals surface area contributed by atoms with Gasteiger partial charge in [-0.3, -0.25) is 4.98 Å². The van der Waals surface area contributed by atoms with Crippen LogP contribution in [0.5, 0.6) is 0 Å². The zero-order valence-corrected chi connectivity index (χ0v) is 13.3. The second-order valence-corrected chi connectivity index (χ2v) is 5.47. The van der Waals surface area contributed by atoms with Crippen LogP contribution in [0.25, 0.3) is 0 Å². The van der Waals surface area contributed by atoms with Crippen molar-refractivity contribution in [3.8, 4) is 0 Å². The van der Waals surface area contributed by atoms with E-state index >= 15 is 0 Å². The third-order valence-corrected chi connectivity index (χ3v) is 3.84. The smallest absolute Gasteiger partial charge is 0.337 e. The minimum Gasteiger partial charge on any atom is -0.465 e. The molecule has 0 saturated heterocycles. The maximum absolute atomic E-state index is 11.7. The van der Waals surface area contributed by atoms with E-state index in [0.29, 0.717) is 17.1 Å². The van der Waals surface area contributed by atoms with Gasteiger partial charge in [0.05, 0.1) is 24.9 Å². The summed E-state index contributed by atoms with van der Waals surface area (Å²) >= 11 is 7.63. The number of pyridine rings is 1. The van der Waals surface area contributed by atoms with Gasteiger partial charge in [-0.15, -0.1) is 0 Å². The van der Waals surface area contributed by atoms with Crippen molar-refractivity contribution in [2.45, 2.75) is 6.54 Å². The summed E-state index contributed by atoms with van der Waals surface area (Å²) in [5, 5.41) is 0.493. The fourth-order valence-electron chi connectivity index (χ4n) is 1.85. The van der Waals surface area contributed by atoms with Gasteiger partial charge in [0, 0.05) is 23.2 Å². The van der Waals surface area contributed by atoms with Crippen LogP contribution in [0.3, 0.4) is 0 Å². The lowest BCUT2D eigenvalue weighted by Crippen LogP contribution is -2.15. The van der Waals surface area contributed by atoms with E-state index in [9.17, 15) is 4.79 Å². The number of hydrogen-bond acceptors (Lipinski definition) is 5. The van der Waals surface area contributed by atoms with E-state index in [1.54, 1.807) is 18.3 Å². The average molecular weight is 323 g/mol. The highest BCUT2D eigenvalue weighted by Crippen LogP contribution is 2.28. The monoisotopic (exact) mass is 322 g/mol. The van der Waals surface area contributed by atoms with Crippen molar-refractivity contribution in [2.24, 2.45) is 0 Å². The molecule has 1 aromatic carbocycles. The zero-order valence-electron chi connectivity index (χ0n) is 11.7. The first-order chi connectivity index (χ1) is 10.1. The van der Waals surface area contributed by atoms with Crippen molar-refractivity contribution in [1.82, 2.24) is 4.98 Å². The van der Waals surface area contributed by atoms with Crippen LogP contribution in [0, 0.1) is 0 Å². The third kappa shape index (κ3) is 4.12. The molecule has 21 heavy (non-hydrogen) atoms. The van der Waals surface area contributed by atoms with Gasteiger partial charge in [-0.1, -0.05) is 29.6 Å². The topological polar surface area (TPSA) is 42.4 Å². The lowest BCUT2D eigenvalue weighted by molar-refractivity contribution is 0.0601. The molecule has 2 rings (SSSR count). The van der Waals surface area contributed by atoms with E-state index in [1.165, 1.54) is 19.1 Å². The highest BCUT2D eigenvalue weighted by molar-refractivity contribution is 7.99. The molecule has 1 aromatic heterocycles. The number of aromatic nitrogens is 1. The van der Waals surface area contributed by atoms with Gasteiger partial charge in [0.1, 0.15) is 0 Å². The van der Waals surface area contributed by atoms with Gasteiger partial charge in [-0.25, -0.2) is 4.79 Å². The Bertz CT molecular complexity index is 622. The fraction of sp³-hybridized carbons (Fsp3) is 0.200. The summed E-state index contributed by atoms with van der Waals surface area (Å²) in [5.41, 5.74) is 2.20. The third-order valence-electron chi connectivity index (χ3n) is 2.84. The van der Waals surface area contributed by atoms with E-state index in [-0.39, 0.29) is 0 Å². The molecule has 0 N–H and O–H groups in total. The van der Waals surface area contributed by atoms with Crippen LogP contribution in [-0.4, -0.2) is 24.3 Å². The number of benzene rings is 1. The molecule has 0 amide bonds. The number of methoxy groups -OCH3 is 1. The van der Waals surface area contributed by atoms with Crippen LogP contribution < -0.4 is 4.31 Å². The zero-order chi connectivity index (χ0) is 15.2. The van der Waals surface area contributed by atoms with Crippen molar-refractivity contribution < 1.29 is 9.53 Å². The van der Waals surface area contributed by atoms with Crippen LogP contribution >= 0.6 is 23.5 Å². The first kappa shape index (κ1) is 15.7. The Balaban J connectivity index is 2.29. The number of carbonyl (C=O) groups is 1. The van der Waals surface area contributed by atoms with Gasteiger partial charge in [-0.05, 0) is 30.3 Å². The van der Waals surface area contributed by atoms with Crippen molar-refractivity contribution >= 4 is 35.2 Å². The van der Waals surface area contributed by atoms with Crippen LogP contribution in [0.1, 0.15) is 16.1 Å². The minimum absolute atomic E-state index is 0.405. The Labute approximate surface area is 133 Å². The normalized spacial score (nSPS) is 10.2. The number of nitrogens with zero attached hydrogens (tertiary/aromatic N) is 2. The van der Waals surface area contributed by atoms with Crippen LogP contribution in [0.4, 0.5) is 5.69 Å². The van der Waals surface area contributed by atoms with E-state index in [0.717, 1.165) is 11.4 Å². The summed E-state index contributed by atoms with van der Waals surface area (Å²) in [7, 11) is 1.35. The van der Waals surface area contributed by atoms with Gasteiger partial charge in [0.15, 0.2) is 0 Å². The van der Waals surface area contributed by atoms with Crippen molar-refractivity contribution in [2.75, 3.05) is 17.7 Å². The fourth-order valence-corrected chi connectivity index (χ4v) is 2.66. The Morgan fingerprint density at radius 2 is 2.19 bits per heavy atom. The molecular formula is C15H15ClN2O2S. The predicted octanol–water partition coefficient (Wildman–Crippen LogP) is 3.81. The summed E-state index contributed by atoms with van der Waals surface area (Å²) in [6.07, 6.45) is 3.72. The van der Waals surface area contributed by atoms with E-state index in [1.807, 2.05) is 34.8 Å². The van der Waals surface area contributed by atoms with Crippen molar-refractivity contribution in [3.63, 3.8) is 0 Å². The van der Waals surface area contributed by atoms with Crippen molar-refractivity contribution in [3.05, 3.63) is 58.9 Å². The number of rotatable bonds is 5. The Hall–Kier alpha value is -1.72. The number of hydrogen-bond donors (Lipinski definition) is 0. The maximum Gasteiger partial charge on any atom is 0.337 e. The highest BCUT2D eigenvalue weighted by Gasteiger charge is 2.13. The molecule has 0 bridgehead atoms. The number of esters is 1.